The van der Waals surface area contributed by atoms with Crippen LogP contribution in [0.1, 0.15) is 35.3 Å². The zero-order chi connectivity index (χ0) is 14.1. The quantitative estimate of drug-likeness (QED) is 0.552. The second kappa shape index (κ2) is 8.46. The van der Waals surface area contributed by atoms with Gasteiger partial charge in [-0.3, -0.25) is 4.79 Å². The van der Waals surface area contributed by atoms with Crippen molar-refractivity contribution < 1.29 is 15.0 Å². The Morgan fingerprint density at radius 2 is 1.72 bits per heavy atom. The van der Waals surface area contributed by atoms with Gasteiger partial charge >= 0.3 is 0 Å². The summed E-state index contributed by atoms with van der Waals surface area (Å²) in [6.45, 7) is 3.36. The molecule has 0 amide bonds. The van der Waals surface area contributed by atoms with Crippen LogP contribution in [0, 0.1) is 4.91 Å². The van der Waals surface area contributed by atoms with Crippen molar-refractivity contribution in [3.8, 4) is 0 Å². The molecule has 0 radical (unpaired) electrons. The molecular weight excluding hydrogens is 236 g/mol. The lowest BCUT2D eigenvalue weighted by molar-refractivity contribution is 0.101. The Bertz CT molecular complexity index is 419. The Hall–Kier alpha value is -1.63. The highest BCUT2D eigenvalue weighted by Crippen LogP contribution is 2.25. The van der Waals surface area contributed by atoms with Crippen LogP contribution in [0.5, 0.6) is 0 Å². The number of hydrogen-bond donors (Lipinski definition) is 3. The number of carbonyl (C=O) groups is 1. The molecule has 0 aromatic heterocycles. The number of rotatable bonds is 4. The lowest BCUT2D eigenvalue weighted by Crippen LogP contribution is -2.00. The summed E-state index contributed by atoms with van der Waals surface area (Å²) in [5.41, 5.74) is 5.82. The van der Waals surface area contributed by atoms with Gasteiger partial charge in [0.05, 0.1) is 13.2 Å². The Labute approximate surface area is 105 Å². The van der Waals surface area contributed by atoms with Gasteiger partial charge in [0.15, 0.2) is 5.78 Å². The second-order valence-electron chi connectivity index (χ2n) is 3.51. The van der Waals surface area contributed by atoms with Gasteiger partial charge < -0.3 is 15.9 Å². The molecule has 1 aromatic carbocycles. The summed E-state index contributed by atoms with van der Waals surface area (Å²) in [5, 5.41) is 20.7. The number of nitroso groups, excluding NO2 is 1. The van der Waals surface area contributed by atoms with Crippen molar-refractivity contribution in [2.45, 2.75) is 27.1 Å². The van der Waals surface area contributed by atoms with Gasteiger partial charge in [-0.25, -0.2) is 0 Å². The molecule has 0 saturated heterocycles. The highest BCUT2D eigenvalue weighted by atomic mass is 16.3. The largest absolute Gasteiger partial charge is 0.392 e. The van der Waals surface area contributed by atoms with E-state index in [4.69, 9.17) is 15.9 Å². The Morgan fingerprint density at radius 3 is 2.06 bits per heavy atom. The summed E-state index contributed by atoms with van der Waals surface area (Å²) in [4.78, 5) is 21.6. The van der Waals surface area contributed by atoms with Crippen LogP contribution in [0.15, 0.2) is 17.3 Å². The molecule has 0 aliphatic carbocycles. The predicted octanol–water partition coefficient (Wildman–Crippen LogP) is 1.24. The first-order valence-electron chi connectivity index (χ1n) is 5.47. The van der Waals surface area contributed by atoms with Crippen molar-refractivity contribution in [3.05, 3.63) is 33.7 Å². The van der Waals surface area contributed by atoms with Crippen molar-refractivity contribution in [1.82, 2.24) is 0 Å². The van der Waals surface area contributed by atoms with E-state index in [9.17, 15) is 9.70 Å². The fraction of sp³-hybridized carbons (Fsp3) is 0.417. The zero-order valence-corrected chi connectivity index (χ0v) is 10.5. The van der Waals surface area contributed by atoms with Gasteiger partial charge in [0.2, 0.25) is 0 Å². The third-order valence-electron chi connectivity index (χ3n) is 2.14. The number of ketones is 1. The SMILES string of the molecule is CC(=O)c1cc(CO)c(CO)cc1N=O.CCN. The molecule has 100 valence electrons. The topological polar surface area (TPSA) is 113 Å². The molecule has 1 aromatic rings. The van der Waals surface area contributed by atoms with Gasteiger partial charge in [0.25, 0.3) is 0 Å². The number of Topliss-reactive ketones (excluding diaryl/α,β-unsaturated/α-hetero) is 1. The van der Waals surface area contributed by atoms with E-state index in [2.05, 4.69) is 5.18 Å². The minimum atomic E-state index is -0.309. The van der Waals surface area contributed by atoms with Gasteiger partial charge in [-0.2, -0.15) is 0 Å². The van der Waals surface area contributed by atoms with Crippen molar-refractivity contribution in [1.29, 1.82) is 0 Å². The molecule has 1 rings (SSSR count). The van der Waals surface area contributed by atoms with Gasteiger partial charge in [0, 0.05) is 5.56 Å². The van der Waals surface area contributed by atoms with Crippen molar-refractivity contribution in [2.24, 2.45) is 10.9 Å². The van der Waals surface area contributed by atoms with Gasteiger partial charge in [0.1, 0.15) is 5.69 Å². The monoisotopic (exact) mass is 254 g/mol. The zero-order valence-electron chi connectivity index (χ0n) is 10.5. The Kier molecular flexibility index (Phi) is 7.69. The van der Waals surface area contributed by atoms with E-state index < -0.39 is 0 Å². The molecule has 18 heavy (non-hydrogen) atoms. The third-order valence-corrected chi connectivity index (χ3v) is 2.14. The Morgan fingerprint density at radius 1 is 1.28 bits per heavy atom. The molecule has 0 atom stereocenters. The molecular formula is C12H18N2O4. The van der Waals surface area contributed by atoms with Crippen LogP contribution in [-0.4, -0.2) is 22.5 Å². The highest BCUT2D eigenvalue weighted by molar-refractivity contribution is 5.99. The summed E-state index contributed by atoms with van der Waals surface area (Å²) >= 11 is 0. The minimum absolute atomic E-state index is 0.0104. The predicted molar refractivity (Wildman–Crippen MR) is 68.5 cm³/mol. The molecule has 0 unspecified atom stereocenters. The van der Waals surface area contributed by atoms with E-state index >= 15 is 0 Å². The maximum Gasteiger partial charge on any atom is 0.162 e. The van der Waals surface area contributed by atoms with Gasteiger partial charge in [-0.15, -0.1) is 4.91 Å². The van der Waals surface area contributed by atoms with E-state index in [0.29, 0.717) is 11.1 Å². The van der Waals surface area contributed by atoms with E-state index in [1.54, 1.807) is 0 Å². The summed E-state index contributed by atoms with van der Waals surface area (Å²) in [7, 11) is 0. The number of nitrogens with two attached hydrogens (primary N) is 1. The lowest BCUT2D eigenvalue weighted by Gasteiger charge is -2.07. The van der Waals surface area contributed by atoms with Crippen LogP contribution >= 0.6 is 0 Å². The van der Waals surface area contributed by atoms with E-state index in [-0.39, 0.29) is 30.2 Å². The van der Waals surface area contributed by atoms with Gasteiger partial charge in [-0.1, -0.05) is 6.92 Å². The summed E-state index contributed by atoms with van der Waals surface area (Å²) in [5.74, 6) is -0.302. The lowest BCUT2D eigenvalue weighted by atomic mass is 10.0. The Balaban J connectivity index is 0.000000873. The number of hydrogen-bond acceptors (Lipinski definition) is 6. The third kappa shape index (κ3) is 4.33. The number of aliphatic hydroxyl groups is 2. The molecule has 0 fully saturated rings. The number of benzene rings is 1. The first kappa shape index (κ1) is 16.4. The molecule has 6 nitrogen and oxygen atoms in total. The average Bonchev–Trinajstić information content (AvgIpc) is 2.37. The average molecular weight is 254 g/mol. The summed E-state index contributed by atoms with van der Waals surface area (Å²) < 4.78 is 0. The number of aliphatic hydroxyl groups excluding tert-OH is 2. The first-order valence-corrected chi connectivity index (χ1v) is 5.47. The van der Waals surface area contributed by atoms with E-state index in [1.165, 1.54) is 19.1 Å². The van der Waals surface area contributed by atoms with Crippen molar-refractivity contribution >= 4 is 11.5 Å². The molecule has 0 heterocycles. The summed E-state index contributed by atoms with van der Waals surface area (Å²) in [6, 6.07) is 2.69. The standard InChI is InChI=1S/C10H11NO4.C2H7N/c1-6(14)9-2-7(4-12)8(5-13)3-10(9)11-15;1-2-3/h2-3,12-13H,4-5H2,1H3;2-3H2,1H3. The molecule has 0 aliphatic rings. The minimum Gasteiger partial charge on any atom is -0.392 e. The van der Waals surface area contributed by atoms with Crippen LogP contribution in [0.3, 0.4) is 0 Å². The van der Waals surface area contributed by atoms with Gasteiger partial charge in [-0.05, 0) is 41.9 Å². The normalized spacial score (nSPS) is 9.39. The highest BCUT2D eigenvalue weighted by Gasteiger charge is 2.12. The molecule has 4 N–H and O–H groups in total. The van der Waals surface area contributed by atoms with Crippen molar-refractivity contribution in [2.75, 3.05) is 6.54 Å². The number of carbonyl (C=O) groups excluding carboxylic acids is 1. The fourth-order valence-electron chi connectivity index (χ4n) is 1.33. The van der Waals surface area contributed by atoms with Crippen LogP contribution in [0.2, 0.25) is 0 Å². The molecule has 0 saturated carbocycles. The molecule has 0 bridgehead atoms. The molecule has 6 heteroatoms. The second-order valence-corrected chi connectivity index (χ2v) is 3.51. The smallest absolute Gasteiger partial charge is 0.162 e. The van der Waals surface area contributed by atoms with E-state index in [1.807, 2.05) is 6.92 Å². The summed E-state index contributed by atoms with van der Waals surface area (Å²) in [6.07, 6.45) is 0. The maximum atomic E-state index is 11.1. The maximum absolute atomic E-state index is 11.1. The number of nitrogens with zero attached hydrogens (tertiary/aromatic N) is 1. The molecule has 0 spiro atoms. The van der Waals surface area contributed by atoms with Crippen LogP contribution in [0.4, 0.5) is 5.69 Å². The fourth-order valence-corrected chi connectivity index (χ4v) is 1.33. The van der Waals surface area contributed by atoms with Crippen molar-refractivity contribution in [3.63, 3.8) is 0 Å². The first-order chi connectivity index (χ1) is 8.55. The van der Waals surface area contributed by atoms with Crippen LogP contribution < -0.4 is 5.73 Å². The van der Waals surface area contributed by atoms with E-state index in [0.717, 1.165) is 6.54 Å². The molecule has 0 aliphatic heterocycles. The van der Waals surface area contributed by atoms with Crippen LogP contribution in [0.25, 0.3) is 0 Å². The van der Waals surface area contributed by atoms with Crippen LogP contribution in [-0.2, 0) is 13.2 Å².